The summed E-state index contributed by atoms with van der Waals surface area (Å²) in [5.74, 6) is 0. The van der Waals surface area contributed by atoms with Crippen molar-refractivity contribution in [3.63, 3.8) is 0 Å². The number of nitrogens with zero attached hydrogens (tertiary/aromatic N) is 2. The Bertz CT molecular complexity index is 346. The maximum absolute atomic E-state index is 4.04. The number of rotatable bonds is 0. The Morgan fingerprint density at radius 3 is 2.29 bits per heavy atom. The Labute approximate surface area is 85.6 Å². The molecule has 0 amide bonds. The maximum Gasteiger partial charge on any atom is 0.0661 e. The summed E-state index contributed by atoms with van der Waals surface area (Å²) in [5.41, 5.74) is 1.64. The van der Waals surface area contributed by atoms with Crippen molar-refractivity contribution < 1.29 is 0 Å². The molecule has 0 radical (unpaired) electrons. The minimum atomic E-state index is 0.500. The van der Waals surface area contributed by atoms with E-state index in [0.29, 0.717) is 5.41 Å². The summed E-state index contributed by atoms with van der Waals surface area (Å²) >= 11 is 0. The molecule has 0 unspecified atom stereocenters. The first-order chi connectivity index (χ1) is 6.47. The lowest BCUT2D eigenvalue weighted by Crippen LogP contribution is -1.93. The molecule has 2 aromatic heterocycles. The Morgan fingerprint density at radius 1 is 1.07 bits per heavy atom. The lowest BCUT2D eigenvalue weighted by Gasteiger charge is -2.05. The van der Waals surface area contributed by atoms with E-state index in [2.05, 4.69) is 32.8 Å². The highest BCUT2D eigenvalue weighted by atomic mass is 15.2. The standard InChI is InChI=1S/C7H6N2.C5H12/c1-2-6-9-7(3-1)4-5-8-9;1-5(2,3)4/h1-6H;1-4H3. The van der Waals surface area contributed by atoms with Gasteiger partial charge in [0.25, 0.3) is 0 Å². The van der Waals surface area contributed by atoms with Crippen LogP contribution in [0.5, 0.6) is 0 Å². The molecule has 0 aliphatic rings. The van der Waals surface area contributed by atoms with Gasteiger partial charge in [-0.15, -0.1) is 0 Å². The van der Waals surface area contributed by atoms with E-state index < -0.39 is 0 Å². The zero-order chi connectivity index (χ0) is 10.6. The highest BCUT2D eigenvalue weighted by Crippen LogP contribution is 2.08. The molecule has 2 rings (SSSR count). The van der Waals surface area contributed by atoms with Crippen LogP contribution in [0.3, 0.4) is 0 Å². The lowest BCUT2D eigenvalue weighted by molar-refractivity contribution is 0.469. The fourth-order valence-corrected chi connectivity index (χ4v) is 0.866. The van der Waals surface area contributed by atoms with Crippen molar-refractivity contribution in [1.29, 1.82) is 0 Å². The summed E-state index contributed by atoms with van der Waals surface area (Å²) in [6.45, 7) is 8.75. The van der Waals surface area contributed by atoms with Gasteiger partial charge in [-0.3, -0.25) is 0 Å². The number of pyridine rings is 1. The smallest absolute Gasteiger partial charge is 0.0661 e. The highest BCUT2D eigenvalue weighted by molar-refractivity contribution is 5.44. The van der Waals surface area contributed by atoms with Gasteiger partial charge < -0.3 is 0 Å². The topological polar surface area (TPSA) is 17.3 Å². The summed E-state index contributed by atoms with van der Waals surface area (Å²) in [6.07, 6.45) is 3.71. The molecule has 0 aliphatic heterocycles. The van der Waals surface area contributed by atoms with Crippen molar-refractivity contribution in [3.8, 4) is 0 Å². The van der Waals surface area contributed by atoms with Crippen LogP contribution in [-0.4, -0.2) is 9.61 Å². The third-order valence-corrected chi connectivity index (χ3v) is 1.31. The van der Waals surface area contributed by atoms with Crippen LogP contribution in [-0.2, 0) is 0 Å². The Kier molecular flexibility index (Phi) is 3.28. The SMILES string of the molecule is CC(C)(C)C.c1ccn2nccc2c1. The first-order valence-electron chi connectivity index (χ1n) is 4.85. The van der Waals surface area contributed by atoms with Crippen molar-refractivity contribution in [2.24, 2.45) is 5.41 Å². The van der Waals surface area contributed by atoms with Crippen molar-refractivity contribution in [1.82, 2.24) is 9.61 Å². The molecule has 0 N–H and O–H groups in total. The molecule has 0 saturated carbocycles. The predicted octanol–water partition coefficient (Wildman–Crippen LogP) is 3.39. The van der Waals surface area contributed by atoms with Crippen molar-refractivity contribution in [2.45, 2.75) is 27.7 Å². The van der Waals surface area contributed by atoms with Crippen LogP contribution in [0.15, 0.2) is 36.7 Å². The molecule has 14 heavy (non-hydrogen) atoms. The molecule has 0 aromatic carbocycles. The van der Waals surface area contributed by atoms with Gasteiger partial charge in [-0.05, 0) is 23.6 Å². The monoisotopic (exact) mass is 190 g/mol. The van der Waals surface area contributed by atoms with Crippen LogP contribution in [0.4, 0.5) is 0 Å². The molecule has 2 heterocycles. The fourth-order valence-electron chi connectivity index (χ4n) is 0.866. The molecule has 0 bridgehead atoms. The first-order valence-corrected chi connectivity index (χ1v) is 4.85. The van der Waals surface area contributed by atoms with E-state index in [-0.39, 0.29) is 0 Å². The van der Waals surface area contributed by atoms with E-state index in [1.54, 1.807) is 6.20 Å². The predicted molar refractivity (Wildman–Crippen MR) is 60.3 cm³/mol. The van der Waals surface area contributed by atoms with Crippen LogP contribution in [0, 0.1) is 5.41 Å². The summed E-state index contributed by atoms with van der Waals surface area (Å²) in [4.78, 5) is 0. The number of fused-ring (bicyclic) bond motifs is 1. The van der Waals surface area contributed by atoms with Gasteiger partial charge in [0.1, 0.15) is 0 Å². The molecule has 0 atom stereocenters. The summed E-state index contributed by atoms with van der Waals surface area (Å²) in [5, 5.41) is 4.04. The minimum absolute atomic E-state index is 0.500. The van der Waals surface area contributed by atoms with Gasteiger partial charge in [0, 0.05) is 12.4 Å². The molecule has 2 aromatic rings. The van der Waals surface area contributed by atoms with E-state index in [1.165, 1.54) is 0 Å². The van der Waals surface area contributed by atoms with Gasteiger partial charge in [-0.1, -0.05) is 33.8 Å². The maximum atomic E-state index is 4.04. The quantitative estimate of drug-likeness (QED) is 0.622. The van der Waals surface area contributed by atoms with Crippen LogP contribution < -0.4 is 0 Å². The average Bonchev–Trinajstić information content (AvgIpc) is 2.47. The van der Waals surface area contributed by atoms with E-state index in [0.717, 1.165) is 5.52 Å². The lowest BCUT2D eigenvalue weighted by atomic mass is 10.0. The molecular formula is C12H18N2. The van der Waals surface area contributed by atoms with Crippen molar-refractivity contribution >= 4 is 5.52 Å². The molecule has 2 nitrogen and oxygen atoms in total. The van der Waals surface area contributed by atoms with Crippen molar-refractivity contribution in [3.05, 3.63) is 36.7 Å². The number of aromatic nitrogens is 2. The average molecular weight is 190 g/mol. The van der Waals surface area contributed by atoms with Crippen LogP contribution in [0.25, 0.3) is 5.52 Å². The molecule has 2 heteroatoms. The second kappa shape index (κ2) is 4.27. The molecule has 0 fully saturated rings. The third kappa shape index (κ3) is 4.08. The van der Waals surface area contributed by atoms with Crippen LogP contribution in [0.2, 0.25) is 0 Å². The van der Waals surface area contributed by atoms with Crippen LogP contribution in [0.1, 0.15) is 27.7 Å². The van der Waals surface area contributed by atoms with Crippen LogP contribution >= 0.6 is 0 Å². The van der Waals surface area contributed by atoms with Gasteiger partial charge in [0.2, 0.25) is 0 Å². The summed E-state index contributed by atoms with van der Waals surface area (Å²) in [6, 6.07) is 7.95. The number of hydrogen-bond donors (Lipinski definition) is 0. The largest absolute Gasteiger partial charge is 0.241 e. The zero-order valence-corrected chi connectivity index (χ0v) is 9.36. The molecule has 76 valence electrons. The highest BCUT2D eigenvalue weighted by Gasteiger charge is 1.95. The van der Waals surface area contributed by atoms with Gasteiger partial charge in [0.05, 0.1) is 5.52 Å². The molecule has 0 aliphatic carbocycles. The Balaban J connectivity index is 0.000000171. The Hall–Kier alpha value is -1.31. The third-order valence-electron chi connectivity index (χ3n) is 1.31. The Morgan fingerprint density at radius 2 is 1.71 bits per heavy atom. The van der Waals surface area contributed by atoms with Gasteiger partial charge in [0.15, 0.2) is 0 Å². The minimum Gasteiger partial charge on any atom is -0.241 e. The summed E-state index contributed by atoms with van der Waals surface area (Å²) in [7, 11) is 0. The zero-order valence-electron chi connectivity index (χ0n) is 9.36. The molecule has 0 spiro atoms. The number of hydrogen-bond acceptors (Lipinski definition) is 1. The van der Waals surface area contributed by atoms with E-state index >= 15 is 0 Å². The normalized spacial score (nSPS) is 10.9. The second-order valence-electron chi connectivity index (χ2n) is 4.90. The summed E-state index contributed by atoms with van der Waals surface area (Å²) < 4.78 is 1.83. The van der Waals surface area contributed by atoms with E-state index in [1.807, 2.05) is 35.0 Å². The fraction of sp³-hybridized carbons (Fsp3) is 0.417. The van der Waals surface area contributed by atoms with Gasteiger partial charge >= 0.3 is 0 Å². The van der Waals surface area contributed by atoms with Gasteiger partial charge in [-0.2, -0.15) is 5.10 Å². The second-order valence-corrected chi connectivity index (χ2v) is 4.90. The molecular weight excluding hydrogens is 172 g/mol. The van der Waals surface area contributed by atoms with Gasteiger partial charge in [-0.25, -0.2) is 4.52 Å². The van der Waals surface area contributed by atoms with E-state index in [4.69, 9.17) is 0 Å². The molecule has 0 saturated heterocycles. The van der Waals surface area contributed by atoms with Crippen molar-refractivity contribution in [2.75, 3.05) is 0 Å². The first kappa shape index (κ1) is 10.8. The van der Waals surface area contributed by atoms with E-state index in [9.17, 15) is 0 Å².